The lowest BCUT2D eigenvalue weighted by Crippen LogP contribution is -2.41. The molecule has 0 bridgehead atoms. The zero-order valence-electron chi connectivity index (χ0n) is 10.4. The van der Waals surface area contributed by atoms with Crippen LogP contribution in [0.2, 0.25) is 0 Å². The van der Waals surface area contributed by atoms with Crippen LogP contribution in [0, 0.1) is 5.41 Å². The molecule has 1 aromatic rings. The Hall–Kier alpha value is -0.410. The summed E-state index contributed by atoms with van der Waals surface area (Å²) >= 11 is 1.71. The van der Waals surface area contributed by atoms with Crippen molar-refractivity contribution in [2.45, 2.75) is 53.1 Å². The van der Waals surface area contributed by atoms with Crippen molar-refractivity contribution < 1.29 is 0 Å². The summed E-state index contributed by atoms with van der Waals surface area (Å²) in [5.74, 6) is 0. The summed E-state index contributed by atoms with van der Waals surface area (Å²) in [6, 6.07) is 0. The Labute approximate surface area is 97.1 Å². The summed E-state index contributed by atoms with van der Waals surface area (Å²) in [7, 11) is 0. The van der Waals surface area contributed by atoms with E-state index >= 15 is 0 Å². The SMILES string of the molecule is CC(C)(C)CC(C)(C)NCc1cncs1. The minimum absolute atomic E-state index is 0.183. The number of aromatic nitrogens is 1. The molecule has 0 aromatic carbocycles. The van der Waals surface area contributed by atoms with Gasteiger partial charge >= 0.3 is 0 Å². The molecule has 2 nitrogen and oxygen atoms in total. The quantitative estimate of drug-likeness (QED) is 0.850. The van der Waals surface area contributed by atoms with Crippen LogP contribution in [0.4, 0.5) is 0 Å². The molecule has 0 unspecified atom stereocenters. The highest BCUT2D eigenvalue weighted by atomic mass is 32.1. The number of rotatable bonds is 4. The molecule has 15 heavy (non-hydrogen) atoms. The van der Waals surface area contributed by atoms with E-state index < -0.39 is 0 Å². The van der Waals surface area contributed by atoms with Gasteiger partial charge in [0.25, 0.3) is 0 Å². The van der Waals surface area contributed by atoms with E-state index in [4.69, 9.17) is 0 Å². The van der Waals surface area contributed by atoms with E-state index in [1.54, 1.807) is 11.3 Å². The second-order valence-corrected chi connectivity index (χ2v) is 6.91. The lowest BCUT2D eigenvalue weighted by atomic mass is 9.82. The van der Waals surface area contributed by atoms with Gasteiger partial charge in [0, 0.05) is 23.2 Å². The van der Waals surface area contributed by atoms with Gasteiger partial charge in [-0.1, -0.05) is 20.8 Å². The van der Waals surface area contributed by atoms with E-state index in [1.165, 1.54) is 11.3 Å². The topological polar surface area (TPSA) is 24.9 Å². The Kier molecular flexibility index (Phi) is 3.90. The first-order valence-corrected chi connectivity index (χ1v) is 6.29. The van der Waals surface area contributed by atoms with E-state index in [9.17, 15) is 0 Å². The molecular weight excluding hydrogens is 204 g/mol. The molecule has 1 aromatic heterocycles. The predicted molar refractivity (Wildman–Crippen MR) is 67.1 cm³/mol. The van der Waals surface area contributed by atoms with Gasteiger partial charge in [0.15, 0.2) is 0 Å². The average Bonchev–Trinajstić information content (AvgIpc) is 2.47. The van der Waals surface area contributed by atoms with Crippen molar-refractivity contribution in [3.05, 3.63) is 16.6 Å². The number of hydrogen-bond acceptors (Lipinski definition) is 3. The monoisotopic (exact) mass is 226 g/mol. The Balaban J connectivity index is 2.43. The van der Waals surface area contributed by atoms with E-state index in [0.29, 0.717) is 5.41 Å². The maximum atomic E-state index is 4.08. The summed E-state index contributed by atoms with van der Waals surface area (Å²) in [5.41, 5.74) is 2.43. The van der Waals surface area contributed by atoms with Crippen LogP contribution in [0.1, 0.15) is 45.9 Å². The van der Waals surface area contributed by atoms with Gasteiger partial charge in [-0.15, -0.1) is 11.3 Å². The molecular formula is C12H22N2S. The summed E-state index contributed by atoms with van der Waals surface area (Å²) in [6.45, 7) is 12.3. The second kappa shape index (κ2) is 4.62. The third-order valence-corrected chi connectivity index (χ3v) is 2.98. The lowest BCUT2D eigenvalue weighted by Gasteiger charge is -2.33. The van der Waals surface area contributed by atoms with Crippen molar-refractivity contribution in [1.29, 1.82) is 0 Å². The molecule has 0 saturated carbocycles. The highest BCUT2D eigenvalue weighted by molar-refractivity contribution is 7.09. The smallest absolute Gasteiger partial charge is 0.0794 e. The van der Waals surface area contributed by atoms with E-state index in [1.807, 2.05) is 11.7 Å². The number of thiazole rings is 1. The van der Waals surface area contributed by atoms with Gasteiger partial charge in [-0.05, 0) is 25.7 Å². The maximum absolute atomic E-state index is 4.08. The number of nitrogens with zero attached hydrogens (tertiary/aromatic N) is 1. The van der Waals surface area contributed by atoms with Crippen LogP contribution in [0.15, 0.2) is 11.7 Å². The molecule has 0 saturated heterocycles. The van der Waals surface area contributed by atoms with Crippen molar-refractivity contribution in [1.82, 2.24) is 10.3 Å². The van der Waals surface area contributed by atoms with Gasteiger partial charge in [-0.2, -0.15) is 0 Å². The van der Waals surface area contributed by atoms with E-state index in [-0.39, 0.29) is 5.54 Å². The summed E-state index contributed by atoms with van der Waals surface area (Å²) in [5, 5.41) is 3.59. The molecule has 0 radical (unpaired) electrons. The van der Waals surface area contributed by atoms with Crippen LogP contribution in [-0.2, 0) is 6.54 Å². The first-order chi connectivity index (χ1) is 6.79. The summed E-state index contributed by atoms with van der Waals surface area (Å²) < 4.78 is 0. The standard InChI is InChI=1S/C12H22N2S/c1-11(2,3)8-12(4,5)14-7-10-6-13-9-15-10/h6,9,14H,7-8H2,1-5H3. The molecule has 86 valence electrons. The van der Waals surface area contributed by atoms with Gasteiger partial charge in [0.05, 0.1) is 5.51 Å². The summed E-state index contributed by atoms with van der Waals surface area (Å²) in [4.78, 5) is 5.38. The van der Waals surface area contributed by atoms with Crippen LogP contribution in [-0.4, -0.2) is 10.5 Å². The van der Waals surface area contributed by atoms with E-state index in [2.05, 4.69) is 44.9 Å². The van der Waals surface area contributed by atoms with Crippen molar-refractivity contribution in [2.75, 3.05) is 0 Å². The van der Waals surface area contributed by atoms with Gasteiger partial charge in [0.1, 0.15) is 0 Å². The molecule has 0 amide bonds. The first kappa shape index (κ1) is 12.7. The minimum atomic E-state index is 0.183. The zero-order valence-corrected chi connectivity index (χ0v) is 11.2. The minimum Gasteiger partial charge on any atom is -0.307 e. The highest BCUT2D eigenvalue weighted by Crippen LogP contribution is 2.27. The fourth-order valence-electron chi connectivity index (χ4n) is 2.04. The Morgan fingerprint density at radius 3 is 2.40 bits per heavy atom. The molecule has 1 N–H and O–H groups in total. The Morgan fingerprint density at radius 1 is 1.27 bits per heavy atom. The van der Waals surface area contributed by atoms with Crippen LogP contribution in [0.3, 0.4) is 0 Å². The van der Waals surface area contributed by atoms with Crippen molar-refractivity contribution in [2.24, 2.45) is 5.41 Å². The van der Waals surface area contributed by atoms with Crippen LogP contribution in [0.25, 0.3) is 0 Å². The molecule has 1 heterocycles. The Bertz CT molecular complexity index is 283. The molecule has 0 fully saturated rings. The molecule has 0 spiro atoms. The molecule has 0 aliphatic heterocycles. The van der Waals surface area contributed by atoms with Crippen molar-refractivity contribution in [3.8, 4) is 0 Å². The van der Waals surface area contributed by atoms with Gasteiger partial charge < -0.3 is 5.32 Å². The molecule has 0 aliphatic rings. The highest BCUT2D eigenvalue weighted by Gasteiger charge is 2.24. The molecule has 0 aliphatic carbocycles. The van der Waals surface area contributed by atoms with Gasteiger partial charge in [0.2, 0.25) is 0 Å². The zero-order chi connectivity index (χ0) is 11.5. The predicted octanol–water partition coefficient (Wildman–Crippen LogP) is 3.45. The van der Waals surface area contributed by atoms with Crippen molar-refractivity contribution >= 4 is 11.3 Å². The number of hydrogen-bond donors (Lipinski definition) is 1. The fourth-order valence-corrected chi connectivity index (χ4v) is 2.58. The molecule has 0 atom stereocenters. The maximum Gasteiger partial charge on any atom is 0.0794 e. The second-order valence-electron chi connectivity index (χ2n) is 5.94. The van der Waals surface area contributed by atoms with Gasteiger partial charge in [-0.3, -0.25) is 4.98 Å². The third kappa shape index (κ3) is 5.28. The van der Waals surface area contributed by atoms with Crippen LogP contribution < -0.4 is 5.32 Å². The first-order valence-electron chi connectivity index (χ1n) is 5.41. The molecule has 1 rings (SSSR count). The number of nitrogens with one attached hydrogen (secondary N) is 1. The largest absolute Gasteiger partial charge is 0.307 e. The lowest BCUT2D eigenvalue weighted by molar-refractivity contribution is 0.241. The van der Waals surface area contributed by atoms with Crippen molar-refractivity contribution in [3.63, 3.8) is 0 Å². The fraction of sp³-hybridized carbons (Fsp3) is 0.750. The van der Waals surface area contributed by atoms with Crippen LogP contribution in [0.5, 0.6) is 0 Å². The normalized spacial score (nSPS) is 13.1. The third-order valence-electron chi connectivity index (χ3n) is 2.20. The summed E-state index contributed by atoms with van der Waals surface area (Å²) in [6.07, 6.45) is 3.10. The van der Waals surface area contributed by atoms with Gasteiger partial charge in [-0.25, -0.2) is 0 Å². The molecule has 3 heteroatoms. The Morgan fingerprint density at radius 2 is 1.93 bits per heavy atom. The average molecular weight is 226 g/mol. The van der Waals surface area contributed by atoms with Crippen LogP contribution >= 0.6 is 11.3 Å². The van der Waals surface area contributed by atoms with E-state index in [0.717, 1.165) is 6.54 Å².